The van der Waals surface area contributed by atoms with Gasteiger partial charge in [0, 0.05) is 11.5 Å². The van der Waals surface area contributed by atoms with Crippen LogP contribution in [-0.2, 0) is 11.3 Å². The molecule has 0 radical (unpaired) electrons. The van der Waals surface area contributed by atoms with Crippen molar-refractivity contribution in [2.75, 3.05) is 0 Å². The lowest BCUT2D eigenvalue weighted by Crippen LogP contribution is -2.11. The predicted molar refractivity (Wildman–Crippen MR) is 95.3 cm³/mol. The molecule has 2 unspecified atom stereocenters. The quantitative estimate of drug-likeness (QED) is 0.752. The van der Waals surface area contributed by atoms with E-state index < -0.39 is 0 Å². The van der Waals surface area contributed by atoms with E-state index in [1.54, 1.807) is 0 Å². The van der Waals surface area contributed by atoms with Crippen molar-refractivity contribution in [3.63, 3.8) is 0 Å². The van der Waals surface area contributed by atoms with E-state index in [4.69, 9.17) is 0 Å². The lowest BCUT2D eigenvalue weighted by Gasteiger charge is -2.25. The Kier molecular flexibility index (Phi) is 4.39. The Morgan fingerprint density at radius 2 is 1.59 bits per heavy atom. The fourth-order valence-electron chi connectivity index (χ4n) is 3.28. The summed E-state index contributed by atoms with van der Waals surface area (Å²) >= 11 is 0.601. The van der Waals surface area contributed by atoms with E-state index >= 15 is 0 Å². The summed E-state index contributed by atoms with van der Waals surface area (Å²) in [6.07, 6.45) is 3.21. The van der Waals surface area contributed by atoms with Crippen molar-refractivity contribution in [3.05, 3.63) is 77.4 Å². The van der Waals surface area contributed by atoms with Crippen LogP contribution in [0.25, 0.3) is 5.57 Å². The maximum absolute atomic E-state index is 11.5. The molecule has 2 aromatic rings. The summed E-state index contributed by atoms with van der Waals surface area (Å²) < 4.78 is 11.5. The van der Waals surface area contributed by atoms with Crippen molar-refractivity contribution >= 4 is 21.7 Å². The highest BCUT2D eigenvalue weighted by Crippen LogP contribution is 2.43. The number of hydrogen-bond acceptors (Lipinski definition) is 1. The molecule has 0 aliphatic heterocycles. The second kappa shape index (κ2) is 6.45. The fourth-order valence-corrected chi connectivity index (χ4v) is 3.73. The van der Waals surface area contributed by atoms with Crippen LogP contribution < -0.4 is 0 Å². The van der Waals surface area contributed by atoms with Gasteiger partial charge in [-0.2, -0.15) is 0 Å². The van der Waals surface area contributed by atoms with Gasteiger partial charge >= 0.3 is 0 Å². The summed E-state index contributed by atoms with van der Waals surface area (Å²) in [5.74, 6) is 0.856. The molecule has 2 heteroatoms. The zero-order valence-corrected chi connectivity index (χ0v) is 13.8. The lowest BCUT2D eigenvalue weighted by atomic mass is 9.78. The average molecular weight is 308 g/mol. The van der Waals surface area contributed by atoms with E-state index in [1.807, 2.05) is 6.07 Å². The largest absolute Gasteiger partial charge is 0.212 e. The first-order valence-electron chi connectivity index (χ1n) is 7.79. The van der Waals surface area contributed by atoms with Crippen LogP contribution >= 0.6 is 0 Å². The summed E-state index contributed by atoms with van der Waals surface area (Å²) in [6, 6.07) is 18.9. The normalized spacial score (nSPS) is 15.9. The first kappa shape index (κ1) is 15.0. The Balaban J connectivity index is 2.16. The van der Waals surface area contributed by atoms with E-state index in [1.165, 1.54) is 16.7 Å². The number of benzene rings is 2. The van der Waals surface area contributed by atoms with Crippen molar-refractivity contribution in [3.8, 4) is 0 Å². The van der Waals surface area contributed by atoms with E-state index in [2.05, 4.69) is 68.5 Å². The molecule has 0 aromatic heterocycles. The van der Waals surface area contributed by atoms with Crippen molar-refractivity contribution in [1.29, 1.82) is 0 Å². The molecule has 1 aliphatic rings. The minimum atomic E-state index is 0.331. The van der Waals surface area contributed by atoms with Gasteiger partial charge in [0.25, 0.3) is 0 Å². The van der Waals surface area contributed by atoms with Crippen molar-refractivity contribution < 1.29 is 4.21 Å². The zero-order valence-electron chi connectivity index (χ0n) is 13.0. The van der Waals surface area contributed by atoms with Crippen LogP contribution in [0.2, 0.25) is 0 Å². The van der Waals surface area contributed by atoms with Crippen LogP contribution in [0.4, 0.5) is 0 Å². The molecule has 2 atom stereocenters. The average Bonchev–Trinajstić information content (AvgIpc) is 2.95. The minimum Gasteiger partial charge on any atom is -0.212 e. The SMILES string of the molecule is CCC(C)C(C1=CC(=S=O)c2ccccc21)c1ccccc1. The topological polar surface area (TPSA) is 17.1 Å². The van der Waals surface area contributed by atoms with Gasteiger partial charge in [-0.1, -0.05) is 74.9 Å². The number of hydrogen-bond donors (Lipinski definition) is 0. The minimum absolute atomic E-state index is 0.331. The molecule has 0 heterocycles. The van der Waals surface area contributed by atoms with Gasteiger partial charge in [-0.15, -0.1) is 0 Å². The maximum atomic E-state index is 11.5. The highest BCUT2D eigenvalue weighted by Gasteiger charge is 2.29. The standard InChI is InChI=1S/C20H20OS/c1-3-14(2)20(15-9-5-4-6-10-15)18-13-19(22-21)17-12-8-7-11-16(17)18/h4-14,20H,3H2,1-2H3. The second-order valence-corrected chi connectivity index (χ2v) is 6.47. The summed E-state index contributed by atoms with van der Waals surface area (Å²) in [4.78, 5) is 0.842. The molecule has 2 aromatic carbocycles. The summed E-state index contributed by atoms with van der Waals surface area (Å²) in [7, 11) is 0. The van der Waals surface area contributed by atoms with Crippen molar-refractivity contribution in [1.82, 2.24) is 0 Å². The van der Waals surface area contributed by atoms with Crippen LogP contribution in [0.1, 0.15) is 42.9 Å². The smallest absolute Gasteiger partial charge is 0.0971 e. The zero-order chi connectivity index (χ0) is 15.5. The molecule has 0 spiro atoms. The van der Waals surface area contributed by atoms with E-state index in [9.17, 15) is 4.21 Å². The van der Waals surface area contributed by atoms with Crippen molar-refractivity contribution in [2.45, 2.75) is 26.2 Å². The number of allylic oxidation sites excluding steroid dienone is 2. The molecule has 0 N–H and O–H groups in total. The molecule has 1 nitrogen and oxygen atoms in total. The third kappa shape index (κ3) is 2.59. The Morgan fingerprint density at radius 3 is 2.23 bits per heavy atom. The Bertz CT molecular complexity index is 754. The Hall–Kier alpha value is -1.93. The molecule has 0 fully saturated rings. The summed E-state index contributed by atoms with van der Waals surface area (Å²) in [5, 5.41) is 0. The van der Waals surface area contributed by atoms with E-state index in [0.29, 0.717) is 23.1 Å². The van der Waals surface area contributed by atoms with Crippen LogP contribution in [0.3, 0.4) is 0 Å². The predicted octanol–water partition coefficient (Wildman–Crippen LogP) is 4.65. The third-order valence-corrected chi connectivity index (χ3v) is 5.10. The highest BCUT2D eigenvalue weighted by molar-refractivity contribution is 7.67. The van der Waals surface area contributed by atoms with Crippen LogP contribution in [0, 0.1) is 5.92 Å². The maximum Gasteiger partial charge on any atom is 0.0971 e. The van der Waals surface area contributed by atoms with Crippen molar-refractivity contribution in [2.24, 2.45) is 5.92 Å². The van der Waals surface area contributed by atoms with Gasteiger partial charge in [0.15, 0.2) is 0 Å². The molecule has 0 amide bonds. The number of fused-ring (bicyclic) bond motifs is 1. The molecule has 0 saturated carbocycles. The molecule has 112 valence electrons. The number of rotatable bonds is 4. The monoisotopic (exact) mass is 308 g/mol. The molecule has 0 saturated heterocycles. The molecular weight excluding hydrogens is 288 g/mol. The van der Waals surface area contributed by atoms with Crippen LogP contribution in [-0.4, -0.2) is 9.07 Å². The van der Waals surface area contributed by atoms with Crippen LogP contribution in [0.5, 0.6) is 0 Å². The van der Waals surface area contributed by atoms with Gasteiger partial charge in [-0.05, 0) is 28.7 Å². The first-order chi connectivity index (χ1) is 10.8. The van der Waals surface area contributed by atoms with Crippen LogP contribution in [0.15, 0.2) is 60.7 Å². The van der Waals surface area contributed by atoms with Gasteiger partial charge in [0.1, 0.15) is 0 Å². The molecular formula is C20H20OS. The lowest BCUT2D eigenvalue weighted by molar-refractivity contribution is 0.517. The second-order valence-electron chi connectivity index (χ2n) is 5.87. The Labute approximate surface area is 135 Å². The van der Waals surface area contributed by atoms with Gasteiger partial charge in [-0.25, -0.2) is 4.21 Å². The van der Waals surface area contributed by atoms with E-state index in [0.717, 1.165) is 16.8 Å². The molecule has 22 heavy (non-hydrogen) atoms. The van der Waals surface area contributed by atoms with Gasteiger partial charge in [-0.3, -0.25) is 0 Å². The molecule has 0 bridgehead atoms. The van der Waals surface area contributed by atoms with E-state index in [-0.39, 0.29) is 0 Å². The molecule has 3 rings (SSSR count). The third-order valence-electron chi connectivity index (χ3n) is 4.59. The van der Waals surface area contributed by atoms with Gasteiger partial charge < -0.3 is 0 Å². The summed E-state index contributed by atoms with van der Waals surface area (Å²) in [6.45, 7) is 4.53. The fraction of sp³-hybridized carbons (Fsp3) is 0.250. The first-order valence-corrected chi connectivity index (χ1v) is 8.53. The van der Waals surface area contributed by atoms with Gasteiger partial charge in [0.05, 0.1) is 16.1 Å². The van der Waals surface area contributed by atoms with Gasteiger partial charge in [0.2, 0.25) is 0 Å². The highest BCUT2D eigenvalue weighted by atomic mass is 32.1. The Morgan fingerprint density at radius 1 is 0.955 bits per heavy atom. The summed E-state index contributed by atoms with van der Waals surface area (Å²) in [5.41, 5.74) is 4.92. The molecule has 1 aliphatic carbocycles.